The SMILES string of the molecule is COC1CCCN(S(=O)(=O)c2ccc(CN)o2)C1. The van der Waals surface area contributed by atoms with Crippen LogP contribution in [-0.2, 0) is 21.3 Å². The van der Waals surface area contributed by atoms with Crippen molar-refractivity contribution >= 4 is 10.0 Å². The third kappa shape index (κ3) is 2.59. The van der Waals surface area contributed by atoms with Gasteiger partial charge in [0.05, 0.1) is 12.6 Å². The zero-order chi connectivity index (χ0) is 13.2. The van der Waals surface area contributed by atoms with Gasteiger partial charge in [-0.1, -0.05) is 0 Å². The number of furan rings is 1. The van der Waals surface area contributed by atoms with Crippen molar-refractivity contribution in [2.45, 2.75) is 30.6 Å². The number of nitrogens with two attached hydrogens (primary N) is 1. The summed E-state index contributed by atoms with van der Waals surface area (Å²) in [4.78, 5) is 0. The highest BCUT2D eigenvalue weighted by Crippen LogP contribution is 2.23. The first-order valence-electron chi connectivity index (χ1n) is 5.89. The van der Waals surface area contributed by atoms with Crippen LogP contribution in [0.25, 0.3) is 0 Å². The third-order valence-corrected chi connectivity index (χ3v) is 4.85. The summed E-state index contributed by atoms with van der Waals surface area (Å²) in [5.74, 6) is 0.467. The van der Waals surface area contributed by atoms with Crippen LogP contribution in [0.15, 0.2) is 21.6 Å². The van der Waals surface area contributed by atoms with E-state index in [0.29, 0.717) is 18.8 Å². The lowest BCUT2D eigenvalue weighted by atomic mass is 10.1. The number of ether oxygens (including phenoxy) is 1. The smallest absolute Gasteiger partial charge is 0.276 e. The fraction of sp³-hybridized carbons (Fsp3) is 0.636. The molecule has 1 aromatic heterocycles. The van der Waals surface area contributed by atoms with Gasteiger partial charge < -0.3 is 14.9 Å². The van der Waals surface area contributed by atoms with E-state index in [-0.39, 0.29) is 17.7 Å². The van der Waals surface area contributed by atoms with E-state index in [1.807, 2.05) is 0 Å². The van der Waals surface area contributed by atoms with Gasteiger partial charge >= 0.3 is 0 Å². The molecule has 0 saturated carbocycles. The molecule has 18 heavy (non-hydrogen) atoms. The van der Waals surface area contributed by atoms with Crippen LogP contribution in [0.5, 0.6) is 0 Å². The fourth-order valence-corrected chi connectivity index (χ4v) is 3.49. The van der Waals surface area contributed by atoms with Crippen LogP contribution in [0, 0.1) is 0 Å². The van der Waals surface area contributed by atoms with Crippen LogP contribution < -0.4 is 5.73 Å². The zero-order valence-corrected chi connectivity index (χ0v) is 11.1. The normalized spacial score (nSPS) is 22.2. The average molecular weight is 274 g/mol. The van der Waals surface area contributed by atoms with Crippen LogP contribution in [0.2, 0.25) is 0 Å². The molecule has 0 amide bonds. The van der Waals surface area contributed by atoms with E-state index in [1.54, 1.807) is 13.2 Å². The summed E-state index contributed by atoms with van der Waals surface area (Å²) < 4.78 is 36.5. The number of sulfonamides is 1. The predicted molar refractivity (Wildman–Crippen MR) is 65.4 cm³/mol. The van der Waals surface area contributed by atoms with Crippen molar-refractivity contribution in [3.05, 3.63) is 17.9 Å². The lowest BCUT2D eigenvalue weighted by Gasteiger charge is -2.30. The summed E-state index contributed by atoms with van der Waals surface area (Å²) in [5, 5.41) is -0.0419. The Hall–Kier alpha value is -0.890. The predicted octanol–water partition coefficient (Wildman–Crippen LogP) is 0.538. The summed E-state index contributed by atoms with van der Waals surface area (Å²) >= 11 is 0. The summed E-state index contributed by atoms with van der Waals surface area (Å²) in [5.41, 5.74) is 5.41. The molecular weight excluding hydrogens is 256 g/mol. The van der Waals surface area contributed by atoms with Gasteiger partial charge in [-0.15, -0.1) is 0 Å². The highest BCUT2D eigenvalue weighted by molar-refractivity contribution is 7.89. The second kappa shape index (κ2) is 5.40. The lowest BCUT2D eigenvalue weighted by molar-refractivity contribution is 0.0567. The zero-order valence-electron chi connectivity index (χ0n) is 10.3. The Balaban J connectivity index is 2.19. The quantitative estimate of drug-likeness (QED) is 0.866. The van der Waals surface area contributed by atoms with E-state index in [9.17, 15) is 8.42 Å². The third-order valence-electron chi connectivity index (χ3n) is 3.11. The van der Waals surface area contributed by atoms with Gasteiger partial charge in [-0.05, 0) is 25.0 Å². The molecule has 2 N–H and O–H groups in total. The number of hydrogen-bond donors (Lipinski definition) is 1. The van der Waals surface area contributed by atoms with Crippen molar-refractivity contribution < 1.29 is 17.6 Å². The van der Waals surface area contributed by atoms with Gasteiger partial charge in [0, 0.05) is 20.2 Å². The van der Waals surface area contributed by atoms with Crippen molar-refractivity contribution in [3.63, 3.8) is 0 Å². The van der Waals surface area contributed by atoms with E-state index in [0.717, 1.165) is 12.8 Å². The first-order chi connectivity index (χ1) is 8.57. The minimum absolute atomic E-state index is 0.0419. The van der Waals surface area contributed by atoms with Crippen LogP contribution >= 0.6 is 0 Å². The number of methoxy groups -OCH3 is 1. The number of piperidine rings is 1. The highest BCUT2D eigenvalue weighted by atomic mass is 32.2. The molecule has 2 rings (SSSR count). The van der Waals surface area contributed by atoms with E-state index in [1.165, 1.54) is 10.4 Å². The fourth-order valence-electron chi connectivity index (χ4n) is 2.05. The Morgan fingerprint density at radius 3 is 2.94 bits per heavy atom. The molecule has 1 aliphatic rings. The van der Waals surface area contributed by atoms with Gasteiger partial charge in [0.15, 0.2) is 0 Å². The van der Waals surface area contributed by atoms with Gasteiger partial charge in [0.1, 0.15) is 5.76 Å². The largest absolute Gasteiger partial charge is 0.447 e. The first-order valence-corrected chi connectivity index (χ1v) is 7.33. The minimum atomic E-state index is -3.56. The topological polar surface area (TPSA) is 85.8 Å². The molecule has 102 valence electrons. The summed E-state index contributed by atoms with van der Waals surface area (Å²) in [6.07, 6.45) is 1.63. The van der Waals surface area contributed by atoms with Crippen molar-refractivity contribution in [1.82, 2.24) is 4.31 Å². The average Bonchev–Trinajstić information content (AvgIpc) is 2.88. The Kier molecular flexibility index (Phi) is 4.06. The molecule has 2 heterocycles. The maximum absolute atomic E-state index is 12.3. The second-order valence-electron chi connectivity index (χ2n) is 4.29. The van der Waals surface area contributed by atoms with Gasteiger partial charge in [-0.25, -0.2) is 8.42 Å². The Morgan fingerprint density at radius 2 is 2.33 bits per heavy atom. The molecule has 0 aromatic carbocycles. The summed E-state index contributed by atoms with van der Waals surface area (Å²) in [7, 11) is -1.97. The van der Waals surface area contributed by atoms with Gasteiger partial charge in [0.2, 0.25) is 5.09 Å². The summed E-state index contributed by atoms with van der Waals surface area (Å²) in [6, 6.07) is 3.04. The van der Waals surface area contributed by atoms with Crippen molar-refractivity contribution in [3.8, 4) is 0 Å². The van der Waals surface area contributed by atoms with Gasteiger partial charge in [0.25, 0.3) is 10.0 Å². The van der Waals surface area contributed by atoms with Crippen molar-refractivity contribution in [2.24, 2.45) is 5.73 Å². The van der Waals surface area contributed by atoms with Crippen molar-refractivity contribution in [1.29, 1.82) is 0 Å². The number of hydrogen-bond acceptors (Lipinski definition) is 5. The molecule has 7 heteroatoms. The van der Waals surface area contributed by atoms with Crippen LogP contribution in [0.1, 0.15) is 18.6 Å². The van der Waals surface area contributed by atoms with E-state index in [2.05, 4.69) is 0 Å². The Bertz CT molecular complexity index is 497. The molecule has 6 nitrogen and oxygen atoms in total. The molecule has 1 fully saturated rings. The molecular formula is C11H18N2O4S. The van der Waals surface area contributed by atoms with Crippen LogP contribution in [-0.4, -0.2) is 39.0 Å². The van der Waals surface area contributed by atoms with Gasteiger partial charge in [-0.2, -0.15) is 4.31 Å². The van der Waals surface area contributed by atoms with Gasteiger partial charge in [-0.3, -0.25) is 0 Å². The maximum Gasteiger partial charge on any atom is 0.276 e. The molecule has 1 aromatic rings. The molecule has 1 aliphatic heterocycles. The maximum atomic E-state index is 12.3. The molecule has 0 bridgehead atoms. The van der Waals surface area contributed by atoms with E-state index < -0.39 is 10.0 Å². The van der Waals surface area contributed by atoms with Crippen molar-refractivity contribution in [2.75, 3.05) is 20.2 Å². The highest BCUT2D eigenvalue weighted by Gasteiger charge is 2.32. The molecule has 0 spiro atoms. The minimum Gasteiger partial charge on any atom is -0.447 e. The monoisotopic (exact) mass is 274 g/mol. The molecule has 1 saturated heterocycles. The molecule has 1 unspecified atom stereocenters. The molecule has 0 aliphatic carbocycles. The summed E-state index contributed by atoms with van der Waals surface area (Å²) in [6.45, 7) is 1.06. The Morgan fingerprint density at radius 1 is 1.56 bits per heavy atom. The number of rotatable bonds is 4. The lowest BCUT2D eigenvalue weighted by Crippen LogP contribution is -2.42. The van der Waals surface area contributed by atoms with Crippen LogP contribution in [0.3, 0.4) is 0 Å². The van der Waals surface area contributed by atoms with E-state index >= 15 is 0 Å². The Labute approximate surface area is 107 Å². The van der Waals surface area contributed by atoms with Crippen LogP contribution in [0.4, 0.5) is 0 Å². The van der Waals surface area contributed by atoms with E-state index in [4.69, 9.17) is 14.9 Å². The second-order valence-corrected chi connectivity index (χ2v) is 6.16. The molecule has 0 radical (unpaired) electrons. The number of nitrogens with zero attached hydrogens (tertiary/aromatic N) is 1. The standard InChI is InChI=1S/C11H18N2O4S/c1-16-10-3-2-6-13(8-10)18(14,15)11-5-4-9(7-12)17-11/h4-5,10H,2-3,6-8,12H2,1H3. The molecule has 1 atom stereocenters. The first kappa shape index (κ1) is 13.5.